The van der Waals surface area contributed by atoms with E-state index in [4.69, 9.17) is 18.0 Å². The van der Waals surface area contributed by atoms with Gasteiger partial charge in [0.25, 0.3) is 0 Å². The fourth-order valence-electron chi connectivity index (χ4n) is 0.693. The van der Waals surface area contributed by atoms with Crippen LogP contribution in [0.4, 0.5) is 0 Å². The Hall–Kier alpha value is -0.930. The quantitative estimate of drug-likeness (QED) is 0.539. The molecule has 0 nitrogen and oxygen atoms in total. The zero-order valence-corrected chi connectivity index (χ0v) is 6.10. The van der Waals surface area contributed by atoms with E-state index in [0.29, 0.717) is 5.02 Å². The Balaban J connectivity index is 2.87. The molecule has 0 saturated heterocycles. The number of halogens is 1. The molecule has 1 aromatic rings. The van der Waals surface area contributed by atoms with Crippen LogP contribution in [0.25, 0.3) is 0 Å². The molecule has 0 N–H and O–H groups in total. The van der Waals surface area contributed by atoms with Crippen LogP contribution < -0.4 is 0 Å². The lowest BCUT2D eigenvalue weighted by atomic mass is 10.2. The summed E-state index contributed by atoms with van der Waals surface area (Å²) < 4.78 is 0. The lowest BCUT2D eigenvalue weighted by Gasteiger charge is -1.92. The largest absolute Gasteiger partial charge is 0.119 e. The topological polar surface area (TPSA) is 0 Å². The Labute approximate surface area is 65.8 Å². The molecule has 0 aromatic heterocycles. The van der Waals surface area contributed by atoms with E-state index in [1.165, 1.54) is 0 Å². The van der Waals surface area contributed by atoms with E-state index in [1.54, 1.807) is 6.42 Å². The average Bonchev–Trinajstić information content (AvgIpc) is 1.88. The van der Waals surface area contributed by atoms with Gasteiger partial charge in [-0.2, -0.15) is 0 Å². The second-order valence-electron chi connectivity index (χ2n) is 1.87. The summed E-state index contributed by atoms with van der Waals surface area (Å²) in [5.74, 6) is 2.43. The number of hydrogen-bond acceptors (Lipinski definition) is 0. The smallest absolute Gasteiger partial charge is 0.0628 e. The first kappa shape index (κ1) is 7.18. The van der Waals surface area contributed by atoms with E-state index in [9.17, 15) is 0 Å². The van der Waals surface area contributed by atoms with Crippen LogP contribution >= 0.6 is 11.6 Å². The van der Waals surface area contributed by atoms with Crippen molar-refractivity contribution in [3.8, 4) is 12.3 Å². The molecule has 0 unspecified atom stereocenters. The van der Waals surface area contributed by atoms with E-state index in [-0.39, 0.29) is 0 Å². The molecule has 0 aliphatic heterocycles. The maximum absolute atomic E-state index is 5.69. The highest BCUT2D eigenvalue weighted by molar-refractivity contribution is 6.30. The van der Waals surface area contributed by atoms with Gasteiger partial charge in [0.05, 0.1) is 6.42 Å². The van der Waals surface area contributed by atoms with Crippen LogP contribution in [-0.4, -0.2) is 0 Å². The molecule has 0 bridgehead atoms. The van der Waals surface area contributed by atoms with Crippen molar-refractivity contribution in [1.29, 1.82) is 0 Å². The zero-order valence-electron chi connectivity index (χ0n) is 5.34. The van der Waals surface area contributed by atoms with Crippen molar-refractivity contribution in [2.75, 3.05) is 0 Å². The first-order valence-corrected chi connectivity index (χ1v) is 3.25. The van der Waals surface area contributed by atoms with Gasteiger partial charge in [0.1, 0.15) is 0 Å². The van der Waals surface area contributed by atoms with Gasteiger partial charge < -0.3 is 0 Å². The molecule has 0 aliphatic rings. The van der Waals surface area contributed by atoms with Crippen molar-refractivity contribution in [1.82, 2.24) is 0 Å². The van der Waals surface area contributed by atoms with Gasteiger partial charge in [-0.05, 0) is 17.7 Å². The molecule has 0 spiro atoms. The molecule has 10 heavy (non-hydrogen) atoms. The summed E-state index contributed by atoms with van der Waals surface area (Å²) in [5, 5.41) is 0.712. The molecule has 1 aromatic carbocycles. The normalized spacial score (nSPS) is 8.80. The SMILES string of the molecule is C#C[CH]c1cccc(Cl)c1. The van der Waals surface area contributed by atoms with Crippen LogP contribution in [0.2, 0.25) is 5.02 Å². The summed E-state index contributed by atoms with van der Waals surface area (Å²) in [7, 11) is 0. The van der Waals surface area contributed by atoms with Gasteiger partial charge in [0, 0.05) is 5.02 Å². The predicted molar refractivity (Wildman–Crippen MR) is 43.7 cm³/mol. The highest BCUT2D eigenvalue weighted by Gasteiger charge is 1.89. The van der Waals surface area contributed by atoms with Crippen LogP contribution in [0.1, 0.15) is 5.56 Å². The van der Waals surface area contributed by atoms with Crippen molar-refractivity contribution in [2.24, 2.45) is 0 Å². The molecule has 49 valence electrons. The summed E-state index contributed by atoms with van der Waals surface area (Å²) in [6, 6.07) is 7.41. The third-order valence-electron chi connectivity index (χ3n) is 1.10. The van der Waals surface area contributed by atoms with Crippen molar-refractivity contribution >= 4 is 11.6 Å². The Kier molecular flexibility index (Phi) is 2.36. The molecule has 1 radical (unpaired) electrons. The van der Waals surface area contributed by atoms with E-state index in [1.807, 2.05) is 24.3 Å². The number of hydrogen-bond donors (Lipinski definition) is 0. The monoisotopic (exact) mass is 149 g/mol. The molecule has 0 amide bonds. The fourth-order valence-corrected chi connectivity index (χ4v) is 0.891. The first-order valence-electron chi connectivity index (χ1n) is 2.88. The highest BCUT2D eigenvalue weighted by atomic mass is 35.5. The fraction of sp³-hybridized carbons (Fsp3) is 0. The number of rotatable bonds is 1. The molecule has 0 heterocycles. The van der Waals surface area contributed by atoms with E-state index < -0.39 is 0 Å². The molecular weight excluding hydrogens is 144 g/mol. The standard InChI is InChI=1S/C9H6Cl/c1-2-4-8-5-3-6-9(10)7-8/h1,3-7H. The lowest BCUT2D eigenvalue weighted by molar-refractivity contribution is 1.55. The van der Waals surface area contributed by atoms with Gasteiger partial charge in [0.2, 0.25) is 0 Å². The summed E-state index contributed by atoms with van der Waals surface area (Å²) in [6.07, 6.45) is 6.73. The van der Waals surface area contributed by atoms with Crippen molar-refractivity contribution in [3.63, 3.8) is 0 Å². The number of benzene rings is 1. The molecule has 0 fully saturated rings. The van der Waals surface area contributed by atoms with E-state index in [2.05, 4.69) is 5.92 Å². The van der Waals surface area contributed by atoms with Crippen molar-refractivity contribution in [3.05, 3.63) is 41.3 Å². The van der Waals surface area contributed by atoms with Crippen LogP contribution in [0.3, 0.4) is 0 Å². The predicted octanol–water partition coefficient (Wildman–Crippen LogP) is 2.53. The van der Waals surface area contributed by atoms with Gasteiger partial charge in [-0.25, -0.2) is 0 Å². The minimum Gasteiger partial charge on any atom is -0.119 e. The summed E-state index contributed by atoms with van der Waals surface area (Å²) in [4.78, 5) is 0. The summed E-state index contributed by atoms with van der Waals surface area (Å²) in [5.41, 5.74) is 0.968. The lowest BCUT2D eigenvalue weighted by Crippen LogP contribution is -1.75. The Morgan fingerprint density at radius 3 is 2.90 bits per heavy atom. The minimum atomic E-state index is 0.712. The molecule has 1 rings (SSSR count). The van der Waals surface area contributed by atoms with Crippen LogP contribution in [0, 0.1) is 18.8 Å². The number of terminal acetylenes is 1. The van der Waals surface area contributed by atoms with Crippen molar-refractivity contribution < 1.29 is 0 Å². The first-order chi connectivity index (χ1) is 4.83. The van der Waals surface area contributed by atoms with Gasteiger partial charge in [0.15, 0.2) is 0 Å². The second-order valence-corrected chi connectivity index (χ2v) is 2.30. The van der Waals surface area contributed by atoms with E-state index in [0.717, 1.165) is 5.56 Å². The highest BCUT2D eigenvalue weighted by Crippen LogP contribution is 2.11. The van der Waals surface area contributed by atoms with E-state index >= 15 is 0 Å². The molecular formula is C9H6Cl. The Morgan fingerprint density at radius 1 is 1.50 bits per heavy atom. The van der Waals surface area contributed by atoms with Crippen molar-refractivity contribution in [2.45, 2.75) is 0 Å². The van der Waals surface area contributed by atoms with Gasteiger partial charge >= 0.3 is 0 Å². The second kappa shape index (κ2) is 3.29. The Bertz CT molecular complexity index is 258. The summed E-state index contributed by atoms with van der Waals surface area (Å²) >= 11 is 5.69. The maximum atomic E-state index is 5.69. The third-order valence-corrected chi connectivity index (χ3v) is 1.33. The maximum Gasteiger partial charge on any atom is 0.0628 e. The minimum absolute atomic E-state index is 0.712. The molecule has 1 heteroatoms. The van der Waals surface area contributed by atoms with Crippen LogP contribution in [-0.2, 0) is 0 Å². The molecule has 0 atom stereocenters. The van der Waals surface area contributed by atoms with Gasteiger partial charge in [-0.1, -0.05) is 29.7 Å². The molecule has 0 aliphatic carbocycles. The third kappa shape index (κ3) is 1.79. The average molecular weight is 150 g/mol. The van der Waals surface area contributed by atoms with Gasteiger partial charge in [-0.15, -0.1) is 6.42 Å². The summed E-state index contributed by atoms with van der Waals surface area (Å²) in [6.45, 7) is 0. The molecule has 0 saturated carbocycles. The van der Waals surface area contributed by atoms with Crippen LogP contribution in [0.5, 0.6) is 0 Å². The Morgan fingerprint density at radius 2 is 2.30 bits per heavy atom. The van der Waals surface area contributed by atoms with Gasteiger partial charge in [-0.3, -0.25) is 0 Å². The zero-order chi connectivity index (χ0) is 7.40. The van der Waals surface area contributed by atoms with Crippen LogP contribution in [0.15, 0.2) is 24.3 Å².